The summed E-state index contributed by atoms with van der Waals surface area (Å²) < 4.78 is 36.1. The van der Waals surface area contributed by atoms with E-state index in [-0.39, 0.29) is 12.3 Å². The normalized spacial score (nSPS) is 11.8. The Morgan fingerprint density at radius 2 is 1.65 bits per heavy atom. The summed E-state index contributed by atoms with van der Waals surface area (Å²) in [6.45, 7) is 8.55. The number of nitrogens with one attached hydrogen (secondary N) is 2. The third-order valence-corrected chi connectivity index (χ3v) is 6.10. The zero-order chi connectivity index (χ0) is 22.5. The standard InChI is InChI=1S/C23H33N3O4S/c1-4-24-23(26-16-17-31(27,28)20-10-8-7-9-11-20)25-15-14-19-12-13-21(29-5-2)22(18-19)30-6-3/h7-13,18H,4-6,14-17H2,1-3H3,(H2,24,25,26). The van der Waals surface area contributed by atoms with Crippen LogP contribution >= 0.6 is 0 Å². The number of rotatable bonds is 12. The maximum Gasteiger partial charge on any atom is 0.191 e. The minimum absolute atomic E-state index is 0.0375. The molecule has 0 aliphatic carbocycles. The molecule has 0 spiro atoms. The number of sulfone groups is 1. The molecule has 0 bridgehead atoms. The molecule has 8 heteroatoms. The highest BCUT2D eigenvalue weighted by atomic mass is 32.2. The molecule has 7 nitrogen and oxygen atoms in total. The van der Waals surface area contributed by atoms with Gasteiger partial charge in [-0.25, -0.2) is 8.42 Å². The molecule has 170 valence electrons. The van der Waals surface area contributed by atoms with Crippen LogP contribution in [0.15, 0.2) is 58.4 Å². The van der Waals surface area contributed by atoms with E-state index in [0.717, 1.165) is 23.5 Å². The van der Waals surface area contributed by atoms with Gasteiger partial charge >= 0.3 is 0 Å². The second-order valence-electron chi connectivity index (χ2n) is 6.72. The number of aliphatic imine (C=N–C) groups is 1. The molecule has 0 aliphatic rings. The van der Waals surface area contributed by atoms with Crippen LogP contribution in [0, 0.1) is 0 Å². The maximum absolute atomic E-state index is 12.4. The van der Waals surface area contributed by atoms with Crippen LogP contribution in [0.1, 0.15) is 26.3 Å². The van der Waals surface area contributed by atoms with Gasteiger partial charge in [0.25, 0.3) is 0 Å². The van der Waals surface area contributed by atoms with Crippen LogP contribution < -0.4 is 20.1 Å². The lowest BCUT2D eigenvalue weighted by Gasteiger charge is -2.14. The maximum atomic E-state index is 12.4. The van der Waals surface area contributed by atoms with Crippen molar-refractivity contribution in [2.24, 2.45) is 4.99 Å². The van der Waals surface area contributed by atoms with Gasteiger partial charge in [0.15, 0.2) is 27.3 Å². The van der Waals surface area contributed by atoms with Gasteiger partial charge in [-0.2, -0.15) is 0 Å². The number of nitrogens with zero attached hydrogens (tertiary/aromatic N) is 1. The van der Waals surface area contributed by atoms with Crippen molar-refractivity contribution in [3.63, 3.8) is 0 Å². The van der Waals surface area contributed by atoms with Crippen molar-refractivity contribution in [2.45, 2.75) is 32.1 Å². The molecule has 0 saturated carbocycles. The predicted molar refractivity (Wildman–Crippen MR) is 125 cm³/mol. The quantitative estimate of drug-likeness (QED) is 0.384. The molecule has 0 aromatic heterocycles. The van der Waals surface area contributed by atoms with Crippen LogP contribution in [0.25, 0.3) is 0 Å². The molecule has 0 saturated heterocycles. The molecule has 31 heavy (non-hydrogen) atoms. The van der Waals surface area contributed by atoms with Crippen molar-refractivity contribution in [3.05, 3.63) is 54.1 Å². The molecule has 0 radical (unpaired) electrons. The summed E-state index contributed by atoms with van der Waals surface area (Å²) in [6.07, 6.45) is 0.763. The molecule has 2 rings (SSSR count). The van der Waals surface area contributed by atoms with E-state index < -0.39 is 9.84 Å². The van der Waals surface area contributed by atoms with E-state index in [1.165, 1.54) is 0 Å². The Morgan fingerprint density at radius 3 is 2.32 bits per heavy atom. The Balaban J connectivity index is 1.92. The number of guanidine groups is 1. The molecule has 0 amide bonds. The van der Waals surface area contributed by atoms with Crippen LogP contribution in [-0.2, 0) is 16.3 Å². The summed E-state index contributed by atoms with van der Waals surface area (Å²) in [7, 11) is -3.34. The van der Waals surface area contributed by atoms with E-state index in [2.05, 4.69) is 15.6 Å². The number of hydrogen-bond donors (Lipinski definition) is 2. The first-order valence-electron chi connectivity index (χ1n) is 10.7. The number of benzene rings is 2. The van der Waals surface area contributed by atoms with Gasteiger partial charge in [0, 0.05) is 13.1 Å². The average Bonchev–Trinajstić information content (AvgIpc) is 2.76. The zero-order valence-corrected chi connectivity index (χ0v) is 19.4. The molecule has 2 N–H and O–H groups in total. The molecular weight excluding hydrogens is 414 g/mol. The summed E-state index contributed by atoms with van der Waals surface area (Å²) in [5, 5.41) is 6.41. The van der Waals surface area contributed by atoms with Crippen molar-refractivity contribution in [1.29, 1.82) is 0 Å². The van der Waals surface area contributed by atoms with Crippen molar-refractivity contribution in [1.82, 2.24) is 10.6 Å². The SMILES string of the molecule is CCNC(=NCCS(=O)(=O)c1ccccc1)NCCc1ccc(OCC)c(OCC)c1. The minimum atomic E-state index is -3.34. The van der Waals surface area contributed by atoms with Crippen LogP contribution in [0.3, 0.4) is 0 Å². The van der Waals surface area contributed by atoms with E-state index in [0.29, 0.717) is 37.2 Å². The highest BCUT2D eigenvalue weighted by molar-refractivity contribution is 7.91. The molecule has 0 fully saturated rings. The van der Waals surface area contributed by atoms with Crippen molar-refractivity contribution < 1.29 is 17.9 Å². The van der Waals surface area contributed by atoms with Gasteiger partial charge in [0.2, 0.25) is 0 Å². The summed E-state index contributed by atoms with van der Waals surface area (Å²) in [5.41, 5.74) is 1.11. The fourth-order valence-corrected chi connectivity index (χ4v) is 4.08. The smallest absolute Gasteiger partial charge is 0.191 e. The summed E-state index contributed by atoms with van der Waals surface area (Å²) in [4.78, 5) is 4.73. The Morgan fingerprint density at radius 1 is 0.935 bits per heavy atom. The van der Waals surface area contributed by atoms with E-state index in [9.17, 15) is 8.42 Å². The van der Waals surface area contributed by atoms with Crippen molar-refractivity contribution >= 4 is 15.8 Å². The molecule has 2 aromatic carbocycles. The lowest BCUT2D eigenvalue weighted by Crippen LogP contribution is -2.38. The second kappa shape index (κ2) is 12.8. The minimum Gasteiger partial charge on any atom is -0.490 e. The second-order valence-corrected chi connectivity index (χ2v) is 8.83. The summed E-state index contributed by atoms with van der Waals surface area (Å²) in [5.74, 6) is 2.05. The summed E-state index contributed by atoms with van der Waals surface area (Å²) in [6, 6.07) is 14.4. The molecule has 0 unspecified atom stereocenters. The van der Waals surface area contributed by atoms with Gasteiger partial charge in [-0.15, -0.1) is 0 Å². The average molecular weight is 448 g/mol. The highest BCUT2D eigenvalue weighted by Gasteiger charge is 2.13. The van der Waals surface area contributed by atoms with E-state index in [1.54, 1.807) is 30.3 Å². The van der Waals surface area contributed by atoms with Gasteiger partial charge in [-0.3, -0.25) is 4.99 Å². The van der Waals surface area contributed by atoms with Crippen LogP contribution in [0.2, 0.25) is 0 Å². The third kappa shape index (κ3) is 8.13. The molecule has 2 aromatic rings. The first-order valence-corrected chi connectivity index (χ1v) is 12.3. The van der Waals surface area contributed by atoms with Gasteiger partial charge < -0.3 is 20.1 Å². The van der Waals surface area contributed by atoms with E-state index in [4.69, 9.17) is 9.47 Å². The fraction of sp³-hybridized carbons (Fsp3) is 0.435. The van der Waals surface area contributed by atoms with Crippen molar-refractivity contribution in [2.75, 3.05) is 38.6 Å². The summed E-state index contributed by atoms with van der Waals surface area (Å²) >= 11 is 0. The largest absolute Gasteiger partial charge is 0.490 e. The van der Waals surface area contributed by atoms with Gasteiger partial charge in [0.1, 0.15) is 0 Å². The Hall–Kier alpha value is -2.74. The number of ether oxygens (including phenoxy) is 2. The Kier molecular flexibility index (Phi) is 10.2. The van der Waals surface area contributed by atoms with Crippen LogP contribution in [-0.4, -0.2) is 53.0 Å². The monoisotopic (exact) mass is 447 g/mol. The molecule has 0 aliphatic heterocycles. The van der Waals surface area contributed by atoms with Gasteiger partial charge in [-0.1, -0.05) is 24.3 Å². The molecule has 0 atom stereocenters. The fourth-order valence-electron chi connectivity index (χ4n) is 2.94. The topological polar surface area (TPSA) is 89.0 Å². The number of hydrogen-bond acceptors (Lipinski definition) is 5. The van der Waals surface area contributed by atoms with E-state index in [1.807, 2.05) is 39.0 Å². The first-order chi connectivity index (χ1) is 15.0. The first kappa shape index (κ1) is 24.5. The lowest BCUT2D eigenvalue weighted by molar-refractivity contribution is 0.287. The van der Waals surface area contributed by atoms with Crippen LogP contribution in [0.4, 0.5) is 0 Å². The van der Waals surface area contributed by atoms with Gasteiger partial charge in [-0.05, 0) is 57.0 Å². The zero-order valence-electron chi connectivity index (χ0n) is 18.6. The van der Waals surface area contributed by atoms with E-state index >= 15 is 0 Å². The Labute approximate surface area is 185 Å². The third-order valence-electron chi connectivity index (χ3n) is 4.39. The Bertz CT molecular complexity index is 931. The molecular formula is C23H33N3O4S. The van der Waals surface area contributed by atoms with Crippen LogP contribution in [0.5, 0.6) is 11.5 Å². The van der Waals surface area contributed by atoms with Crippen molar-refractivity contribution in [3.8, 4) is 11.5 Å². The highest BCUT2D eigenvalue weighted by Crippen LogP contribution is 2.28. The van der Waals surface area contributed by atoms with Gasteiger partial charge in [0.05, 0.1) is 30.4 Å². The predicted octanol–water partition coefficient (Wildman–Crippen LogP) is 3.06. The lowest BCUT2D eigenvalue weighted by atomic mass is 10.1. The molecule has 0 heterocycles.